The molecule has 2 aromatic heterocycles. The van der Waals surface area contributed by atoms with Crippen molar-refractivity contribution in [3.63, 3.8) is 0 Å². The lowest BCUT2D eigenvalue weighted by Crippen LogP contribution is -2.58. The van der Waals surface area contributed by atoms with Crippen LogP contribution < -0.4 is 21.5 Å². The Morgan fingerprint density at radius 3 is 1.48 bits per heavy atom. The van der Waals surface area contributed by atoms with E-state index in [-0.39, 0.29) is 65.9 Å². The fraction of sp³-hybridized carbons (Fsp3) is 0.447. The summed E-state index contributed by atoms with van der Waals surface area (Å²) in [6, 6.07) is 1.58. The van der Waals surface area contributed by atoms with Gasteiger partial charge < -0.3 is 49.6 Å². The molecule has 2 fully saturated rings. The molecule has 6 atom stereocenters. The molecule has 0 saturated carbocycles. The van der Waals surface area contributed by atoms with Crippen molar-refractivity contribution >= 4 is 23.6 Å². The molecule has 0 radical (unpaired) electrons. The number of pyridine rings is 2. The second-order valence-electron chi connectivity index (χ2n) is 18.6. The normalized spacial score (nSPS) is 25.0. The number of carbonyl (C=O) groups is 4. The lowest BCUT2D eigenvalue weighted by molar-refractivity contribution is -0.0199. The van der Waals surface area contributed by atoms with Gasteiger partial charge >= 0.3 is 0 Å². The molecular weight excluding hydrogens is 923 g/mol. The van der Waals surface area contributed by atoms with Crippen LogP contribution in [-0.2, 0) is 41.7 Å². The van der Waals surface area contributed by atoms with Crippen molar-refractivity contribution in [3.05, 3.63) is 125 Å². The third kappa shape index (κ3) is 7.18. The molecule has 69 heavy (non-hydrogen) atoms. The molecule has 16 nitrogen and oxygen atoms in total. The second-order valence-corrected chi connectivity index (χ2v) is 18.6. The molecule has 8 heterocycles. The molecule has 366 valence electrons. The Kier molecular flexibility index (Phi) is 11.7. The number of halogens is 6. The second kappa shape index (κ2) is 17.1. The maximum absolute atomic E-state index is 14.0. The maximum Gasteiger partial charge on any atom is 0.274 e. The summed E-state index contributed by atoms with van der Waals surface area (Å²) in [6.45, 7) is 2.90. The van der Waals surface area contributed by atoms with Gasteiger partial charge in [0.25, 0.3) is 23.6 Å². The fourth-order valence-corrected chi connectivity index (χ4v) is 11.5. The number of hydrogen-bond donors (Lipinski definition) is 5. The smallest absolute Gasteiger partial charge is 0.274 e. The van der Waals surface area contributed by atoms with E-state index in [4.69, 9.17) is 4.74 Å². The summed E-state index contributed by atoms with van der Waals surface area (Å²) in [6.07, 6.45) is 2.27. The number of fused-ring (bicyclic) bond motifs is 2. The fourth-order valence-electron chi connectivity index (χ4n) is 11.5. The van der Waals surface area contributed by atoms with Gasteiger partial charge in [0.2, 0.25) is 10.9 Å². The predicted octanol–water partition coefficient (Wildman–Crippen LogP) is 3.74. The van der Waals surface area contributed by atoms with Gasteiger partial charge in [-0.3, -0.25) is 28.8 Å². The van der Waals surface area contributed by atoms with Crippen molar-refractivity contribution in [2.45, 2.75) is 114 Å². The van der Waals surface area contributed by atoms with Crippen molar-refractivity contribution in [1.82, 2.24) is 29.6 Å². The number of nitrogens with zero attached hydrogens (tertiary/aromatic N) is 4. The SMILES string of the molecule is CO[C@H]1CC[C@H](C)N2C[C@]13CCc1c(C(=O)NCc4c(F)cc(F)cc4F)c(=O)c(O)c(n13)C2=O.C[C@H]1CC[C@H](O)[C@]23CCc4c(C(=O)NCc5c(F)cc(F)cc5F)c(=O)c(O)c(n42)C(=O)N1C3. The molecule has 2 aromatic carbocycles. The van der Waals surface area contributed by atoms with Crippen LogP contribution in [0, 0.1) is 34.9 Å². The lowest BCUT2D eigenvalue weighted by Gasteiger charge is -2.46. The van der Waals surface area contributed by atoms with Crippen LogP contribution in [0.5, 0.6) is 11.5 Å². The molecule has 4 amide bonds. The number of carbonyl (C=O) groups excluding carboxylic acids is 4. The number of aliphatic hydroxyl groups is 1. The van der Waals surface area contributed by atoms with Crippen molar-refractivity contribution in [1.29, 1.82) is 0 Å². The Balaban J connectivity index is 0.000000172. The molecule has 4 bridgehead atoms. The van der Waals surface area contributed by atoms with E-state index in [0.717, 1.165) is 0 Å². The van der Waals surface area contributed by atoms with E-state index in [1.165, 1.54) is 4.57 Å². The van der Waals surface area contributed by atoms with Crippen LogP contribution in [0.25, 0.3) is 0 Å². The van der Waals surface area contributed by atoms with Crippen molar-refractivity contribution in [2.24, 2.45) is 0 Å². The van der Waals surface area contributed by atoms with Gasteiger partial charge in [0.15, 0.2) is 22.9 Å². The molecule has 4 aromatic rings. The Labute approximate surface area is 388 Å². The molecular formula is C47H46F6N6O10. The number of nitrogens with one attached hydrogen (secondary N) is 2. The number of aromatic nitrogens is 2. The van der Waals surface area contributed by atoms with E-state index < -0.39 is 128 Å². The van der Waals surface area contributed by atoms with Crippen LogP contribution in [0.1, 0.15) is 117 Å². The molecule has 0 unspecified atom stereocenters. The number of hydrogen-bond acceptors (Lipinski definition) is 10. The van der Waals surface area contributed by atoms with Crippen LogP contribution in [-0.4, -0.2) is 102 Å². The quantitative estimate of drug-likeness (QED) is 0.169. The zero-order valence-electron chi connectivity index (χ0n) is 37.4. The van der Waals surface area contributed by atoms with Gasteiger partial charge in [0.05, 0.1) is 23.3 Å². The zero-order valence-corrected chi connectivity index (χ0v) is 37.4. The standard InChI is InChI=1S/C24H24F3N3O5.C23H22F3N3O5/c1-11-3-4-17(35-2)24-6-5-16-18(20(31)21(32)19(30(16)24)23(34)29(11)10-24)22(33)28-9-13-14(26)7-12(25)8-15(13)27;1-10-2-3-16(30)23-5-4-15-17(19(31)20(32)18(29(15)23)22(34)28(10)9-23)21(33)27-8-12-13(25)6-11(24)7-14(12)26/h7-8,11,17,32H,3-6,9-10H2,1-2H3,(H,28,33);6-7,10,16,30,32H,2-5,8-9H2,1H3,(H,27,33)/t11-,17-,24+;10-,16-,23+/m00/s1. The summed E-state index contributed by atoms with van der Waals surface area (Å²) in [5.41, 5.74) is -5.87. The summed E-state index contributed by atoms with van der Waals surface area (Å²) >= 11 is 0. The molecule has 6 aliphatic rings. The van der Waals surface area contributed by atoms with E-state index in [9.17, 15) is 70.4 Å². The molecule has 0 aliphatic carbocycles. The topological polar surface area (TPSA) is 213 Å². The van der Waals surface area contributed by atoms with Gasteiger partial charge in [-0.25, -0.2) is 26.3 Å². The minimum atomic E-state index is -1.20. The molecule has 10 rings (SSSR count). The first kappa shape index (κ1) is 47.4. The highest BCUT2D eigenvalue weighted by Crippen LogP contribution is 2.49. The van der Waals surface area contributed by atoms with Gasteiger partial charge in [-0.15, -0.1) is 0 Å². The first-order valence-electron chi connectivity index (χ1n) is 22.4. The summed E-state index contributed by atoms with van der Waals surface area (Å²) in [5, 5.41) is 37.2. The third-order valence-electron chi connectivity index (χ3n) is 15.0. The van der Waals surface area contributed by atoms with Crippen LogP contribution in [0.4, 0.5) is 26.3 Å². The van der Waals surface area contributed by atoms with E-state index in [0.29, 0.717) is 69.3 Å². The number of aliphatic hydroxyl groups excluding tert-OH is 1. The molecule has 6 aliphatic heterocycles. The summed E-state index contributed by atoms with van der Waals surface area (Å²) in [5.74, 6) is -11.7. The Morgan fingerprint density at radius 1 is 0.652 bits per heavy atom. The van der Waals surface area contributed by atoms with Gasteiger partial charge in [0, 0.05) is 92.2 Å². The summed E-state index contributed by atoms with van der Waals surface area (Å²) in [7, 11) is 1.57. The van der Waals surface area contributed by atoms with Gasteiger partial charge in [-0.05, 0) is 65.2 Å². The highest BCUT2D eigenvalue weighted by molar-refractivity contribution is 6.02. The van der Waals surface area contributed by atoms with Crippen molar-refractivity contribution in [3.8, 4) is 11.5 Å². The number of methoxy groups -OCH3 is 1. The first-order chi connectivity index (χ1) is 32.7. The van der Waals surface area contributed by atoms with Crippen LogP contribution >= 0.6 is 0 Å². The molecule has 22 heteroatoms. The van der Waals surface area contributed by atoms with Crippen LogP contribution in [0.15, 0.2) is 33.9 Å². The minimum absolute atomic E-state index is 0.129. The van der Waals surface area contributed by atoms with Crippen molar-refractivity contribution < 1.29 is 65.6 Å². The molecule has 2 spiro atoms. The van der Waals surface area contributed by atoms with E-state index in [1.807, 2.05) is 13.8 Å². The van der Waals surface area contributed by atoms with E-state index >= 15 is 0 Å². The van der Waals surface area contributed by atoms with Crippen LogP contribution in [0.2, 0.25) is 0 Å². The van der Waals surface area contributed by atoms with Gasteiger partial charge in [0.1, 0.15) is 46.0 Å². The maximum atomic E-state index is 14.0. The number of aromatic hydroxyl groups is 2. The number of amides is 4. The number of ether oxygens (including phenoxy) is 1. The molecule has 5 N–H and O–H groups in total. The highest BCUT2D eigenvalue weighted by atomic mass is 19.2. The first-order valence-corrected chi connectivity index (χ1v) is 22.4. The third-order valence-corrected chi connectivity index (χ3v) is 15.0. The number of benzene rings is 2. The van der Waals surface area contributed by atoms with Crippen molar-refractivity contribution in [2.75, 3.05) is 20.2 Å². The summed E-state index contributed by atoms with van der Waals surface area (Å²) < 4.78 is 91.2. The van der Waals surface area contributed by atoms with Crippen LogP contribution in [0.3, 0.4) is 0 Å². The Hall–Kier alpha value is -6.68. The van der Waals surface area contributed by atoms with Gasteiger partial charge in [-0.1, -0.05) is 0 Å². The minimum Gasteiger partial charge on any atom is -0.503 e. The Bertz CT molecular complexity index is 2990. The zero-order chi connectivity index (χ0) is 49.8. The highest BCUT2D eigenvalue weighted by Gasteiger charge is 2.57. The largest absolute Gasteiger partial charge is 0.503 e. The molecule has 2 saturated heterocycles. The van der Waals surface area contributed by atoms with E-state index in [2.05, 4.69) is 10.6 Å². The average molecular weight is 969 g/mol. The monoisotopic (exact) mass is 968 g/mol. The van der Waals surface area contributed by atoms with E-state index in [1.54, 1.807) is 21.5 Å². The lowest BCUT2D eigenvalue weighted by atomic mass is 9.86. The summed E-state index contributed by atoms with van der Waals surface area (Å²) in [4.78, 5) is 82.0. The Morgan fingerprint density at radius 2 is 1.04 bits per heavy atom. The van der Waals surface area contributed by atoms with Gasteiger partial charge in [-0.2, -0.15) is 0 Å². The predicted molar refractivity (Wildman–Crippen MR) is 229 cm³/mol. The average Bonchev–Trinajstić information content (AvgIpc) is 3.79. The number of rotatable bonds is 7.